The predicted octanol–water partition coefficient (Wildman–Crippen LogP) is 2.48. The van der Waals surface area contributed by atoms with Crippen LogP contribution in [-0.2, 0) is 35.2 Å². The number of aldehydes is 1. The first kappa shape index (κ1) is 37.8. The van der Waals surface area contributed by atoms with Crippen molar-refractivity contribution >= 4 is 47.5 Å². The summed E-state index contributed by atoms with van der Waals surface area (Å²) in [5.41, 5.74) is 3.10. The lowest BCUT2D eigenvalue weighted by Gasteiger charge is -2.39. The molecule has 11 nitrogen and oxygen atoms in total. The Hall–Kier alpha value is -4.03. The van der Waals surface area contributed by atoms with E-state index in [0.717, 1.165) is 40.7 Å². The van der Waals surface area contributed by atoms with Crippen LogP contribution in [-0.4, -0.2) is 82.6 Å². The summed E-state index contributed by atoms with van der Waals surface area (Å²) in [6.07, 6.45) is 4.59. The summed E-state index contributed by atoms with van der Waals surface area (Å²) in [4.78, 5) is 76.4. The normalized spacial score (nSPS) is 21.1. The molecule has 1 spiro atoms. The lowest BCUT2D eigenvalue weighted by Crippen LogP contribution is -2.56. The zero-order valence-electron chi connectivity index (χ0n) is 29.1. The molecule has 0 heterocycles. The number of ketones is 1. The monoisotopic (exact) mass is 692 g/mol. The van der Waals surface area contributed by atoms with Crippen LogP contribution in [0.1, 0.15) is 66.4 Å². The maximum atomic E-state index is 13.6. The van der Waals surface area contributed by atoms with E-state index in [1.807, 2.05) is 64.1 Å². The molecule has 3 aliphatic rings. The molecule has 4 rings (SSSR count). The largest absolute Gasteiger partial charge is 0.381 e. The summed E-state index contributed by atoms with van der Waals surface area (Å²) in [7, 11) is 0. The second-order valence-electron chi connectivity index (χ2n) is 13.9. The molecule has 0 saturated heterocycles. The minimum Gasteiger partial charge on any atom is -0.381 e. The van der Waals surface area contributed by atoms with Crippen LogP contribution in [0.15, 0.2) is 64.3 Å². The lowest BCUT2D eigenvalue weighted by molar-refractivity contribution is -0.137. The van der Waals surface area contributed by atoms with Crippen LogP contribution in [0, 0.1) is 11.3 Å². The Morgan fingerprint density at radius 3 is 2.27 bits per heavy atom. The Labute approximate surface area is 292 Å². The lowest BCUT2D eigenvalue weighted by atomic mass is 9.67. The highest BCUT2D eigenvalue weighted by Crippen LogP contribution is 2.65. The highest BCUT2D eigenvalue weighted by Gasteiger charge is 2.65. The SMILES string of the molecule is CC(=O)NC(CSCC1=C(C)C=C2C(=O)[C@](C)(O)C3(CC3)C(C)=C21)C(=O)NC(Cc1ccccc1)C(=O)NCC(=O)NC(C=O)CC(C)C. The van der Waals surface area contributed by atoms with Gasteiger partial charge in [-0.05, 0) is 74.3 Å². The molecule has 264 valence electrons. The molecule has 1 saturated carbocycles. The van der Waals surface area contributed by atoms with Crippen molar-refractivity contribution in [3.8, 4) is 0 Å². The number of hydrogen-bond acceptors (Lipinski definition) is 8. The van der Waals surface area contributed by atoms with Crippen molar-refractivity contribution in [1.82, 2.24) is 21.3 Å². The Morgan fingerprint density at radius 2 is 1.67 bits per heavy atom. The molecular formula is C37H48N4O7S. The Morgan fingerprint density at radius 1 is 1.00 bits per heavy atom. The number of benzene rings is 1. The molecule has 0 radical (unpaired) electrons. The number of amides is 4. The number of fused-ring (bicyclic) bond motifs is 1. The molecule has 0 aliphatic heterocycles. The molecule has 0 bridgehead atoms. The molecule has 0 aromatic heterocycles. The molecule has 49 heavy (non-hydrogen) atoms. The van der Waals surface area contributed by atoms with E-state index in [2.05, 4.69) is 21.3 Å². The zero-order chi connectivity index (χ0) is 36.1. The van der Waals surface area contributed by atoms with Crippen LogP contribution in [0.25, 0.3) is 0 Å². The topological polar surface area (TPSA) is 171 Å². The fraction of sp³-hybridized carbons (Fsp3) is 0.514. The summed E-state index contributed by atoms with van der Waals surface area (Å²) in [5.74, 6) is -1.52. The maximum absolute atomic E-state index is 13.6. The van der Waals surface area contributed by atoms with Gasteiger partial charge in [-0.3, -0.25) is 24.0 Å². The van der Waals surface area contributed by atoms with Gasteiger partial charge in [0.25, 0.3) is 0 Å². The molecule has 3 unspecified atom stereocenters. The van der Waals surface area contributed by atoms with Crippen molar-refractivity contribution in [3.63, 3.8) is 0 Å². The average Bonchev–Trinajstić information content (AvgIpc) is 3.80. The van der Waals surface area contributed by atoms with E-state index in [1.54, 1.807) is 6.92 Å². The number of aliphatic hydroxyl groups is 1. The van der Waals surface area contributed by atoms with E-state index < -0.39 is 52.8 Å². The molecule has 4 amide bonds. The van der Waals surface area contributed by atoms with E-state index in [0.29, 0.717) is 24.0 Å². The Kier molecular flexibility index (Phi) is 12.1. The van der Waals surface area contributed by atoms with Crippen LogP contribution in [0.5, 0.6) is 0 Å². The van der Waals surface area contributed by atoms with E-state index >= 15 is 0 Å². The van der Waals surface area contributed by atoms with Gasteiger partial charge >= 0.3 is 0 Å². The van der Waals surface area contributed by atoms with Gasteiger partial charge in [-0.15, -0.1) is 0 Å². The fourth-order valence-corrected chi connectivity index (χ4v) is 8.01. The van der Waals surface area contributed by atoms with Crippen molar-refractivity contribution < 1.29 is 33.9 Å². The van der Waals surface area contributed by atoms with Gasteiger partial charge in [0.05, 0.1) is 12.6 Å². The highest BCUT2D eigenvalue weighted by molar-refractivity contribution is 7.99. The summed E-state index contributed by atoms with van der Waals surface area (Å²) < 4.78 is 0. The molecule has 12 heteroatoms. The Bertz CT molecular complexity index is 1590. The Balaban J connectivity index is 1.43. The van der Waals surface area contributed by atoms with Crippen LogP contribution >= 0.6 is 11.8 Å². The summed E-state index contributed by atoms with van der Waals surface area (Å²) >= 11 is 1.42. The number of nitrogens with one attached hydrogen (secondary N) is 4. The first-order valence-electron chi connectivity index (χ1n) is 16.7. The van der Waals surface area contributed by atoms with Crippen molar-refractivity contribution in [1.29, 1.82) is 0 Å². The average molecular weight is 693 g/mol. The third kappa shape index (κ3) is 8.59. The summed E-state index contributed by atoms with van der Waals surface area (Å²) in [5, 5.41) is 21.8. The molecular weight excluding hydrogens is 644 g/mol. The molecule has 4 atom stereocenters. The predicted molar refractivity (Wildman–Crippen MR) is 188 cm³/mol. The number of carbonyl (C=O) groups is 6. The second-order valence-corrected chi connectivity index (χ2v) is 14.9. The number of thioether (sulfide) groups is 1. The number of rotatable bonds is 16. The van der Waals surface area contributed by atoms with E-state index in [4.69, 9.17) is 0 Å². The van der Waals surface area contributed by atoms with Crippen molar-refractivity contribution in [2.75, 3.05) is 18.1 Å². The second kappa shape index (κ2) is 15.7. The zero-order valence-corrected chi connectivity index (χ0v) is 29.9. The van der Waals surface area contributed by atoms with Crippen LogP contribution in [0.3, 0.4) is 0 Å². The first-order valence-corrected chi connectivity index (χ1v) is 17.9. The van der Waals surface area contributed by atoms with E-state index in [9.17, 15) is 33.9 Å². The van der Waals surface area contributed by atoms with Crippen LogP contribution < -0.4 is 21.3 Å². The first-order chi connectivity index (χ1) is 23.1. The molecule has 3 aliphatic carbocycles. The molecule has 1 fully saturated rings. The molecule has 5 N–H and O–H groups in total. The number of hydrogen-bond donors (Lipinski definition) is 5. The van der Waals surface area contributed by atoms with Gasteiger partial charge in [0.15, 0.2) is 5.78 Å². The fourth-order valence-electron chi connectivity index (χ4n) is 6.84. The minimum atomic E-state index is -1.44. The maximum Gasteiger partial charge on any atom is 0.244 e. The third-order valence-corrected chi connectivity index (χ3v) is 10.7. The third-order valence-electron chi connectivity index (χ3n) is 9.67. The van der Waals surface area contributed by atoms with E-state index in [1.165, 1.54) is 18.7 Å². The minimum absolute atomic E-state index is 0.137. The van der Waals surface area contributed by atoms with Crippen LogP contribution in [0.4, 0.5) is 0 Å². The summed E-state index contributed by atoms with van der Waals surface area (Å²) in [6, 6.07) is 6.39. The highest BCUT2D eigenvalue weighted by atomic mass is 32.2. The standard InChI is InChI=1S/C37H48N4O7S/c1-21(2)14-26(18-42)40-31(44)17-38-34(46)29(16-25-10-8-7-9-11-25)41-35(47)30(39-24(5)43)20-49-19-28-22(3)15-27-32(28)23(4)37(12-13-37)36(6,48)33(27)45/h7-11,15,18,21,26,29-30,48H,12-14,16-17,19-20H2,1-6H3,(H,38,46)(H,39,43)(H,40,44)(H,41,47)/t26?,29?,30?,36-/m0/s1. The molecule has 1 aromatic rings. The smallest absolute Gasteiger partial charge is 0.244 e. The van der Waals surface area contributed by atoms with Crippen molar-refractivity contribution in [3.05, 3.63) is 69.8 Å². The van der Waals surface area contributed by atoms with Gasteiger partial charge < -0.3 is 31.2 Å². The van der Waals surface area contributed by atoms with Gasteiger partial charge in [0.2, 0.25) is 23.6 Å². The van der Waals surface area contributed by atoms with E-state index in [-0.39, 0.29) is 30.4 Å². The number of Topliss-reactive ketones (excluding diaryl/α,β-unsaturated/α-hetero) is 1. The van der Waals surface area contributed by atoms with Crippen molar-refractivity contribution in [2.45, 2.75) is 91.0 Å². The van der Waals surface area contributed by atoms with Gasteiger partial charge in [-0.2, -0.15) is 11.8 Å². The van der Waals surface area contributed by atoms with Gasteiger partial charge in [-0.1, -0.05) is 49.8 Å². The van der Waals surface area contributed by atoms with Gasteiger partial charge in [-0.25, -0.2) is 0 Å². The number of allylic oxidation sites excluding steroid dienone is 3. The van der Waals surface area contributed by atoms with Crippen molar-refractivity contribution in [2.24, 2.45) is 11.3 Å². The quantitative estimate of drug-likeness (QED) is 0.165. The van der Waals surface area contributed by atoms with Gasteiger partial charge in [0.1, 0.15) is 24.0 Å². The number of carbonyl (C=O) groups excluding carboxylic acids is 6. The van der Waals surface area contributed by atoms with Crippen LogP contribution in [0.2, 0.25) is 0 Å². The molecule has 1 aromatic carbocycles. The summed E-state index contributed by atoms with van der Waals surface area (Å²) in [6.45, 7) is 10.3. The van der Waals surface area contributed by atoms with Gasteiger partial charge in [0, 0.05) is 35.8 Å².